The van der Waals surface area contributed by atoms with E-state index in [9.17, 15) is 14.4 Å². The molecule has 0 atom stereocenters. The Balaban J connectivity index is 2.10. The van der Waals surface area contributed by atoms with E-state index >= 15 is 0 Å². The van der Waals surface area contributed by atoms with Crippen LogP contribution in [-0.4, -0.2) is 17.6 Å². The van der Waals surface area contributed by atoms with Crippen molar-refractivity contribution in [2.75, 3.05) is 11.1 Å². The van der Waals surface area contributed by atoms with Crippen LogP contribution < -0.4 is 16.4 Å². The molecule has 2 aromatic rings. The minimum absolute atomic E-state index is 0.140. The third kappa shape index (κ3) is 4.16. The summed E-state index contributed by atoms with van der Waals surface area (Å²) in [5, 5.41) is 5.07. The van der Waals surface area contributed by atoms with Crippen LogP contribution in [0.5, 0.6) is 0 Å². The molecular weight excluding hydrogens is 294 g/mol. The first-order valence-corrected chi connectivity index (χ1v) is 7.01. The van der Waals surface area contributed by atoms with Crippen molar-refractivity contribution in [1.82, 2.24) is 5.32 Å². The zero-order valence-corrected chi connectivity index (χ0v) is 12.6. The van der Waals surface area contributed by atoms with Crippen LogP contribution in [-0.2, 0) is 16.1 Å². The molecule has 6 nitrogen and oxygen atoms in total. The molecule has 0 aromatic heterocycles. The van der Waals surface area contributed by atoms with Crippen LogP contribution in [0, 0.1) is 0 Å². The molecule has 0 aliphatic rings. The van der Waals surface area contributed by atoms with Crippen LogP contribution in [0.3, 0.4) is 0 Å². The van der Waals surface area contributed by atoms with Crippen molar-refractivity contribution in [2.24, 2.45) is 0 Å². The van der Waals surface area contributed by atoms with Crippen molar-refractivity contribution in [3.8, 4) is 0 Å². The van der Waals surface area contributed by atoms with Gasteiger partial charge in [-0.15, -0.1) is 0 Å². The third-order valence-corrected chi connectivity index (χ3v) is 3.18. The second-order valence-electron chi connectivity index (χ2n) is 4.94. The van der Waals surface area contributed by atoms with E-state index in [2.05, 4.69) is 10.6 Å². The van der Waals surface area contributed by atoms with Gasteiger partial charge in [0.05, 0.1) is 11.3 Å². The van der Waals surface area contributed by atoms with E-state index in [-0.39, 0.29) is 18.0 Å². The van der Waals surface area contributed by atoms with Gasteiger partial charge in [-0.05, 0) is 23.8 Å². The van der Waals surface area contributed by atoms with E-state index in [0.717, 1.165) is 5.56 Å². The minimum Gasteiger partial charge on any atom is -0.398 e. The first kappa shape index (κ1) is 16.2. The van der Waals surface area contributed by atoms with E-state index in [1.54, 1.807) is 42.5 Å². The molecule has 23 heavy (non-hydrogen) atoms. The lowest BCUT2D eigenvalue weighted by Gasteiger charge is -2.10. The number of ketones is 1. The van der Waals surface area contributed by atoms with Gasteiger partial charge in [0.2, 0.25) is 5.91 Å². The summed E-state index contributed by atoms with van der Waals surface area (Å²) in [4.78, 5) is 35.5. The Labute approximate surface area is 133 Å². The lowest BCUT2D eigenvalue weighted by Crippen LogP contribution is -2.31. The Bertz CT molecular complexity index is 756. The Morgan fingerprint density at radius 1 is 1.00 bits per heavy atom. The highest BCUT2D eigenvalue weighted by Gasteiger charge is 2.19. The number of para-hydroxylation sites is 2. The van der Waals surface area contributed by atoms with Crippen molar-refractivity contribution < 1.29 is 14.4 Å². The fourth-order valence-electron chi connectivity index (χ4n) is 2.05. The Morgan fingerprint density at radius 2 is 1.65 bits per heavy atom. The average Bonchev–Trinajstić information content (AvgIpc) is 2.53. The number of carbonyl (C=O) groups is 3. The van der Waals surface area contributed by atoms with Gasteiger partial charge in [-0.1, -0.05) is 30.3 Å². The van der Waals surface area contributed by atoms with Gasteiger partial charge in [0.15, 0.2) is 0 Å². The first-order chi connectivity index (χ1) is 11.0. The molecule has 0 unspecified atom stereocenters. The van der Waals surface area contributed by atoms with E-state index in [1.165, 1.54) is 13.0 Å². The van der Waals surface area contributed by atoms with Crippen molar-refractivity contribution in [1.29, 1.82) is 0 Å². The number of carbonyl (C=O) groups excluding carboxylic acids is 3. The highest BCUT2D eigenvalue weighted by Crippen LogP contribution is 2.16. The smallest absolute Gasteiger partial charge is 0.292 e. The SMILES string of the molecule is CC(=O)Nc1ccccc1C(=O)C(=O)NCc1ccccc1N. The van der Waals surface area contributed by atoms with Gasteiger partial charge in [-0.2, -0.15) is 0 Å². The number of rotatable bonds is 5. The Hall–Kier alpha value is -3.15. The number of nitrogen functional groups attached to an aromatic ring is 1. The third-order valence-electron chi connectivity index (χ3n) is 3.18. The molecule has 0 radical (unpaired) electrons. The van der Waals surface area contributed by atoms with Gasteiger partial charge in [0.1, 0.15) is 0 Å². The molecule has 0 spiro atoms. The molecule has 0 bridgehead atoms. The molecule has 4 N–H and O–H groups in total. The molecule has 118 valence electrons. The normalized spacial score (nSPS) is 9.96. The summed E-state index contributed by atoms with van der Waals surface area (Å²) in [5.74, 6) is -1.79. The van der Waals surface area contributed by atoms with Gasteiger partial charge >= 0.3 is 0 Å². The number of amides is 2. The maximum Gasteiger partial charge on any atom is 0.292 e. The largest absolute Gasteiger partial charge is 0.398 e. The van der Waals surface area contributed by atoms with Gasteiger partial charge < -0.3 is 16.4 Å². The van der Waals surface area contributed by atoms with Crippen molar-refractivity contribution in [2.45, 2.75) is 13.5 Å². The number of hydrogen-bond donors (Lipinski definition) is 3. The number of nitrogens with two attached hydrogens (primary N) is 1. The van der Waals surface area contributed by atoms with Gasteiger partial charge in [0.25, 0.3) is 11.7 Å². The lowest BCUT2D eigenvalue weighted by molar-refractivity contribution is -0.117. The maximum atomic E-state index is 12.3. The number of benzene rings is 2. The molecule has 0 saturated carbocycles. The van der Waals surface area contributed by atoms with Crippen LogP contribution in [0.1, 0.15) is 22.8 Å². The van der Waals surface area contributed by atoms with Crippen molar-refractivity contribution >= 4 is 29.0 Å². The standard InChI is InChI=1S/C17H17N3O3/c1-11(21)20-15-9-5-3-7-13(15)16(22)17(23)19-10-12-6-2-4-8-14(12)18/h2-9H,10,18H2,1H3,(H,19,23)(H,20,21). The minimum atomic E-state index is -0.758. The summed E-state index contributed by atoms with van der Waals surface area (Å²) in [6.07, 6.45) is 0. The molecule has 0 aliphatic carbocycles. The number of hydrogen-bond acceptors (Lipinski definition) is 4. The number of Topliss-reactive ketones (excluding diaryl/α,β-unsaturated/α-hetero) is 1. The summed E-state index contributed by atoms with van der Waals surface area (Å²) in [7, 11) is 0. The number of nitrogens with one attached hydrogen (secondary N) is 2. The summed E-state index contributed by atoms with van der Waals surface area (Å²) in [5.41, 5.74) is 7.50. The Morgan fingerprint density at radius 3 is 2.35 bits per heavy atom. The molecule has 0 heterocycles. The molecule has 6 heteroatoms. The monoisotopic (exact) mass is 311 g/mol. The predicted molar refractivity (Wildman–Crippen MR) is 87.8 cm³/mol. The molecule has 2 aromatic carbocycles. The summed E-state index contributed by atoms with van der Waals surface area (Å²) < 4.78 is 0. The van der Waals surface area contributed by atoms with E-state index < -0.39 is 11.7 Å². The first-order valence-electron chi connectivity index (χ1n) is 7.01. The van der Waals surface area contributed by atoms with Crippen LogP contribution in [0.4, 0.5) is 11.4 Å². The molecular formula is C17H17N3O3. The fraction of sp³-hybridized carbons (Fsp3) is 0.118. The second-order valence-corrected chi connectivity index (χ2v) is 4.94. The highest BCUT2D eigenvalue weighted by atomic mass is 16.2. The predicted octanol–water partition coefficient (Wildman–Crippen LogP) is 1.73. The highest BCUT2D eigenvalue weighted by molar-refractivity contribution is 6.44. The molecule has 0 fully saturated rings. The Kier molecular flexibility index (Phi) is 5.09. The van der Waals surface area contributed by atoms with Gasteiger partial charge in [-0.3, -0.25) is 14.4 Å². The summed E-state index contributed by atoms with van der Waals surface area (Å²) >= 11 is 0. The number of anilines is 2. The van der Waals surface area contributed by atoms with Crippen molar-refractivity contribution in [3.05, 3.63) is 59.7 Å². The molecule has 2 rings (SSSR count). The second kappa shape index (κ2) is 7.22. The quantitative estimate of drug-likeness (QED) is 0.444. The van der Waals surface area contributed by atoms with Crippen LogP contribution in [0.25, 0.3) is 0 Å². The van der Waals surface area contributed by atoms with Gasteiger partial charge in [0, 0.05) is 19.2 Å². The van der Waals surface area contributed by atoms with E-state index in [0.29, 0.717) is 11.4 Å². The van der Waals surface area contributed by atoms with Crippen molar-refractivity contribution in [3.63, 3.8) is 0 Å². The van der Waals surface area contributed by atoms with E-state index in [1.807, 2.05) is 0 Å². The molecule has 2 amide bonds. The summed E-state index contributed by atoms with van der Waals surface area (Å²) in [6.45, 7) is 1.49. The maximum absolute atomic E-state index is 12.3. The zero-order chi connectivity index (χ0) is 16.8. The molecule has 0 aliphatic heterocycles. The fourth-order valence-corrected chi connectivity index (χ4v) is 2.05. The lowest BCUT2D eigenvalue weighted by atomic mass is 10.1. The van der Waals surface area contributed by atoms with E-state index in [4.69, 9.17) is 5.73 Å². The zero-order valence-electron chi connectivity index (χ0n) is 12.6. The summed E-state index contributed by atoms with van der Waals surface area (Å²) in [6, 6.07) is 13.4. The topological polar surface area (TPSA) is 101 Å². The molecule has 0 saturated heterocycles. The van der Waals surface area contributed by atoms with Crippen LogP contribution >= 0.6 is 0 Å². The van der Waals surface area contributed by atoms with Gasteiger partial charge in [-0.25, -0.2) is 0 Å². The van der Waals surface area contributed by atoms with Crippen LogP contribution in [0.2, 0.25) is 0 Å². The van der Waals surface area contributed by atoms with Crippen LogP contribution in [0.15, 0.2) is 48.5 Å². The average molecular weight is 311 g/mol.